The maximum atomic E-state index is 12.9. The molecule has 2 N–H and O–H groups in total. The summed E-state index contributed by atoms with van der Waals surface area (Å²) >= 11 is 3.86. The monoisotopic (exact) mass is 533 g/mol. The molecule has 0 amide bonds. The Morgan fingerprint density at radius 2 is 1.53 bits per heavy atom. The van der Waals surface area contributed by atoms with Gasteiger partial charge < -0.3 is 5.73 Å². The van der Waals surface area contributed by atoms with E-state index in [2.05, 4.69) is 114 Å². The van der Waals surface area contributed by atoms with Gasteiger partial charge in [-0.15, -0.1) is 0 Å². The van der Waals surface area contributed by atoms with Crippen LogP contribution in [0.3, 0.4) is 0 Å². The first kappa shape index (κ1) is 23.1. The van der Waals surface area contributed by atoms with Gasteiger partial charge in [-0.1, -0.05) is 84.9 Å². The number of rotatable bonds is 3. The van der Waals surface area contributed by atoms with Gasteiger partial charge in [0.05, 0.1) is 0 Å². The SMILES string of the molecule is CC(=O)C1(N)CCC(c2ccccc2)c2c1ccc1c2cc(-c2cccc(C)c2Br)c2ccccc21. The Hall–Kier alpha value is -3.27. The maximum Gasteiger partial charge on any atom is 0.154 e. The Kier molecular flexibility index (Phi) is 5.59. The van der Waals surface area contributed by atoms with Crippen LogP contribution in [0.15, 0.2) is 95.5 Å². The molecule has 0 saturated heterocycles. The van der Waals surface area contributed by atoms with Crippen LogP contribution >= 0.6 is 15.9 Å². The van der Waals surface area contributed by atoms with Crippen molar-refractivity contribution in [2.24, 2.45) is 5.73 Å². The molecule has 5 aromatic rings. The fourth-order valence-corrected chi connectivity index (χ4v) is 6.56. The first-order valence-corrected chi connectivity index (χ1v) is 13.3. The quantitative estimate of drug-likeness (QED) is 0.236. The molecule has 36 heavy (non-hydrogen) atoms. The van der Waals surface area contributed by atoms with Crippen LogP contribution in [0.1, 0.15) is 47.9 Å². The van der Waals surface area contributed by atoms with Gasteiger partial charge in [0.15, 0.2) is 5.78 Å². The van der Waals surface area contributed by atoms with Crippen molar-refractivity contribution in [1.29, 1.82) is 0 Å². The van der Waals surface area contributed by atoms with Crippen LogP contribution in [-0.2, 0) is 10.3 Å². The van der Waals surface area contributed by atoms with Crippen LogP contribution in [0.5, 0.6) is 0 Å². The van der Waals surface area contributed by atoms with Gasteiger partial charge in [0.25, 0.3) is 0 Å². The molecule has 178 valence electrons. The van der Waals surface area contributed by atoms with Crippen molar-refractivity contribution in [2.45, 2.75) is 38.1 Å². The third-order valence-electron chi connectivity index (χ3n) is 8.05. The Morgan fingerprint density at radius 1 is 0.833 bits per heavy atom. The van der Waals surface area contributed by atoms with E-state index in [1.54, 1.807) is 6.92 Å². The molecular formula is C33H28BrNO. The summed E-state index contributed by atoms with van der Waals surface area (Å²) in [7, 11) is 0. The number of carbonyl (C=O) groups is 1. The van der Waals surface area contributed by atoms with Gasteiger partial charge in [0.1, 0.15) is 5.54 Å². The summed E-state index contributed by atoms with van der Waals surface area (Å²) in [6.45, 7) is 3.76. The zero-order chi connectivity index (χ0) is 25.0. The van der Waals surface area contributed by atoms with E-state index in [1.165, 1.54) is 49.4 Å². The molecule has 0 aromatic heterocycles. The zero-order valence-corrected chi connectivity index (χ0v) is 22.1. The number of hydrogen-bond acceptors (Lipinski definition) is 2. The molecule has 0 fully saturated rings. The van der Waals surface area contributed by atoms with Crippen molar-refractivity contribution in [3.05, 3.63) is 118 Å². The number of aryl methyl sites for hydroxylation is 1. The van der Waals surface area contributed by atoms with Crippen LogP contribution in [0.25, 0.3) is 32.7 Å². The molecule has 0 aliphatic heterocycles. The Morgan fingerprint density at radius 3 is 2.28 bits per heavy atom. The second kappa shape index (κ2) is 8.69. The predicted molar refractivity (Wildman–Crippen MR) is 153 cm³/mol. The molecule has 2 unspecified atom stereocenters. The third kappa shape index (κ3) is 3.45. The average molecular weight is 534 g/mol. The molecule has 5 aromatic carbocycles. The maximum absolute atomic E-state index is 12.9. The summed E-state index contributed by atoms with van der Waals surface area (Å²) in [4.78, 5) is 12.9. The van der Waals surface area contributed by atoms with Crippen molar-refractivity contribution in [3.63, 3.8) is 0 Å². The van der Waals surface area contributed by atoms with E-state index in [0.717, 1.165) is 16.5 Å². The second-order valence-electron chi connectivity index (χ2n) is 10.1. The highest BCUT2D eigenvalue weighted by atomic mass is 79.9. The lowest BCUT2D eigenvalue weighted by Gasteiger charge is -2.39. The third-order valence-corrected chi connectivity index (χ3v) is 9.10. The van der Waals surface area contributed by atoms with Gasteiger partial charge in [-0.25, -0.2) is 0 Å². The topological polar surface area (TPSA) is 43.1 Å². The van der Waals surface area contributed by atoms with E-state index in [-0.39, 0.29) is 11.7 Å². The van der Waals surface area contributed by atoms with Gasteiger partial charge in [-0.05, 0) is 104 Å². The number of fused-ring (bicyclic) bond motifs is 5. The largest absolute Gasteiger partial charge is 0.315 e. The normalized spacial score (nSPS) is 19.4. The number of carbonyl (C=O) groups excluding carboxylic acids is 1. The summed E-state index contributed by atoms with van der Waals surface area (Å²) in [5, 5.41) is 4.81. The van der Waals surface area contributed by atoms with Gasteiger partial charge in [-0.2, -0.15) is 0 Å². The number of hydrogen-bond donors (Lipinski definition) is 1. The van der Waals surface area contributed by atoms with Crippen molar-refractivity contribution in [2.75, 3.05) is 0 Å². The number of benzene rings is 5. The van der Waals surface area contributed by atoms with Gasteiger partial charge in [-0.3, -0.25) is 4.79 Å². The lowest BCUT2D eigenvalue weighted by molar-refractivity contribution is -0.122. The van der Waals surface area contributed by atoms with Crippen LogP contribution in [0.2, 0.25) is 0 Å². The zero-order valence-electron chi connectivity index (χ0n) is 20.5. The second-order valence-corrected chi connectivity index (χ2v) is 10.9. The van der Waals surface area contributed by atoms with Crippen LogP contribution in [0, 0.1) is 6.92 Å². The van der Waals surface area contributed by atoms with Crippen molar-refractivity contribution >= 4 is 43.3 Å². The highest BCUT2D eigenvalue weighted by molar-refractivity contribution is 9.10. The minimum atomic E-state index is -0.968. The average Bonchev–Trinajstić information content (AvgIpc) is 2.90. The Labute approximate surface area is 220 Å². The molecule has 0 radical (unpaired) electrons. The Bertz CT molecular complexity index is 1660. The highest BCUT2D eigenvalue weighted by Crippen LogP contribution is 2.49. The van der Waals surface area contributed by atoms with Crippen molar-refractivity contribution in [3.8, 4) is 11.1 Å². The summed E-state index contributed by atoms with van der Waals surface area (Å²) < 4.78 is 1.11. The van der Waals surface area contributed by atoms with E-state index in [0.29, 0.717) is 6.42 Å². The number of ketones is 1. The summed E-state index contributed by atoms with van der Waals surface area (Å²) in [6.07, 6.45) is 1.48. The van der Waals surface area contributed by atoms with E-state index >= 15 is 0 Å². The van der Waals surface area contributed by atoms with Crippen molar-refractivity contribution in [1.82, 2.24) is 0 Å². The summed E-state index contributed by atoms with van der Waals surface area (Å²) in [6, 6.07) is 32.3. The molecule has 3 heteroatoms. The summed E-state index contributed by atoms with van der Waals surface area (Å²) in [5.74, 6) is 0.202. The fourth-order valence-electron chi connectivity index (χ4n) is 6.08. The smallest absolute Gasteiger partial charge is 0.154 e. The lowest BCUT2D eigenvalue weighted by Crippen LogP contribution is -2.47. The van der Waals surface area contributed by atoms with E-state index in [4.69, 9.17) is 5.73 Å². The molecular weight excluding hydrogens is 506 g/mol. The first-order chi connectivity index (χ1) is 17.4. The lowest BCUT2D eigenvalue weighted by atomic mass is 9.67. The van der Waals surface area contributed by atoms with Crippen molar-refractivity contribution < 1.29 is 4.79 Å². The van der Waals surface area contributed by atoms with E-state index in [9.17, 15) is 4.79 Å². The van der Waals surface area contributed by atoms with Gasteiger partial charge in [0.2, 0.25) is 0 Å². The molecule has 0 bridgehead atoms. The van der Waals surface area contributed by atoms with Crippen LogP contribution < -0.4 is 5.73 Å². The standard InChI is InChI=1S/C33H28BrNO/c1-20-9-8-14-27(32(20)34)28-19-29-26(24-12-6-7-13-25(24)28)15-16-30-31(29)23(22-10-4-3-5-11-22)17-18-33(30,35)21(2)36/h3-16,19,23H,17-18,35H2,1-2H3. The predicted octanol–water partition coefficient (Wildman–Crippen LogP) is 8.40. The molecule has 1 aliphatic carbocycles. The molecule has 1 aliphatic rings. The van der Waals surface area contributed by atoms with E-state index < -0.39 is 5.54 Å². The molecule has 0 spiro atoms. The number of nitrogens with two attached hydrogens (primary N) is 1. The van der Waals surface area contributed by atoms with Crippen LogP contribution in [-0.4, -0.2) is 5.78 Å². The molecule has 6 rings (SSSR count). The minimum absolute atomic E-state index is 0.0250. The molecule has 0 saturated carbocycles. The number of Topliss-reactive ketones (excluding diaryl/α,β-unsaturated/α-hetero) is 1. The van der Waals surface area contributed by atoms with Crippen LogP contribution in [0.4, 0.5) is 0 Å². The summed E-state index contributed by atoms with van der Waals surface area (Å²) in [5.41, 5.74) is 12.9. The fraction of sp³-hybridized carbons (Fsp3) is 0.182. The first-order valence-electron chi connectivity index (χ1n) is 12.5. The molecule has 2 atom stereocenters. The van der Waals surface area contributed by atoms with E-state index in [1.807, 2.05) is 0 Å². The van der Waals surface area contributed by atoms with Gasteiger partial charge in [0, 0.05) is 10.4 Å². The Balaban J connectivity index is 1.77. The minimum Gasteiger partial charge on any atom is -0.315 e. The highest BCUT2D eigenvalue weighted by Gasteiger charge is 2.41. The molecule has 0 heterocycles. The number of halogens is 1. The molecule has 2 nitrogen and oxygen atoms in total. The van der Waals surface area contributed by atoms with Gasteiger partial charge >= 0.3 is 0 Å².